The number of hydrogen-bond acceptors (Lipinski definition) is 3. The third-order valence-corrected chi connectivity index (χ3v) is 2.55. The molecule has 0 fully saturated rings. The van der Waals surface area contributed by atoms with Crippen LogP contribution >= 0.6 is 0 Å². The Balaban J connectivity index is 2.13. The van der Waals surface area contributed by atoms with Gasteiger partial charge >= 0.3 is 5.97 Å². The van der Waals surface area contributed by atoms with E-state index in [-0.39, 0.29) is 11.9 Å². The molecule has 1 aliphatic rings. The number of aryl methyl sites for hydroxylation is 1. The topological polar surface area (TPSA) is 55.0 Å². The van der Waals surface area contributed by atoms with Gasteiger partial charge in [-0.05, 0) is 24.8 Å². The Hall–Kier alpha value is -1.32. The molecule has 1 N–H and O–H groups in total. The van der Waals surface area contributed by atoms with Crippen LogP contribution in [0.25, 0.3) is 0 Å². The Morgan fingerprint density at radius 1 is 1.77 bits per heavy atom. The van der Waals surface area contributed by atoms with Crippen LogP contribution in [0.2, 0.25) is 0 Å². The molecule has 1 aromatic rings. The zero-order valence-electron chi connectivity index (χ0n) is 7.54. The average molecular weight is 180 g/mol. The quantitative estimate of drug-likeness (QED) is 0.647. The fraction of sp³-hybridized carbons (Fsp3) is 0.556. The third-order valence-electron chi connectivity index (χ3n) is 2.55. The summed E-state index contributed by atoms with van der Waals surface area (Å²) in [5.74, 6) is -0.0815. The van der Waals surface area contributed by atoms with Crippen molar-refractivity contribution >= 4 is 5.97 Å². The molecule has 0 saturated carbocycles. The van der Waals surface area contributed by atoms with Crippen molar-refractivity contribution in [3.63, 3.8) is 0 Å². The van der Waals surface area contributed by atoms with Gasteiger partial charge in [0.2, 0.25) is 0 Å². The van der Waals surface area contributed by atoms with Gasteiger partial charge in [-0.2, -0.15) is 5.10 Å². The molecule has 1 heterocycles. The lowest BCUT2D eigenvalue weighted by Gasteiger charge is -2.18. The Bertz CT molecular complexity index is 319. The van der Waals surface area contributed by atoms with Crippen LogP contribution in [0.3, 0.4) is 0 Å². The van der Waals surface area contributed by atoms with Crippen LogP contribution in [-0.4, -0.2) is 23.3 Å². The van der Waals surface area contributed by atoms with Crippen molar-refractivity contribution < 1.29 is 9.53 Å². The summed E-state index contributed by atoms with van der Waals surface area (Å²) in [7, 11) is 1.44. The first-order chi connectivity index (χ1) is 6.31. The smallest absolute Gasteiger partial charge is 0.309 e. The summed E-state index contributed by atoms with van der Waals surface area (Å²) in [5.41, 5.74) is 2.32. The van der Waals surface area contributed by atoms with E-state index >= 15 is 0 Å². The van der Waals surface area contributed by atoms with Crippen molar-refractivity contribution in [2.75, 3.05) is 7.11 Å². The molecule has 0 aliphatic heterocycles. The zero-order valence-corrected chi connectivity index (χ0v) is 7.54. The highest BCUT2D eigenvalue weighted by molar-refractivity contribution is 5.73. The van der Waals surface area contributed by atoms with Crippen LogP contribution < -0.4 is 0 Å². The second kappa shape index (κ2) is 3.20. The summed E-state index contributed by atoms with van der Waals surface area (Å²) in [6.45, 7) is 0. The third kappa shape index (κ3) is 1.43. The molecule has 0 spiro atoms. The fourth-order valence-corrected chi connectivity index (χ4v) is 1.78. The predicted octanol–water partition coefficient (Wildman–Crippen LogP) is 0.688. The van der Waals surface area contributed by atoms with E-state index < -0.39 is 0 Å². The van der Waals surface area contributed by atoms with Crippen molar-refractivity contribution in [2.24, 2.45) is 5.92 Å². The standard InChI is InChI=1S/C9H12N2O2/c1-13-9(12)6-2-3-8-7(4-6)5-10-11-8/h5-6H,2-4H2,1H3,(H,10,11)/t6-/m1/s1. The molecule has 0 unspecified atom stereocenters. The molecule has 1 aliphatic carbocycles. The maximum Gasteiger partial charge on any atom is 0.309 e. The Morgan fingerprint density at radius 2 is 2.62 bits per heavy atom. The molecule has 0 bridgehead atoms. The Labute approximate surface area is 76.3 Å². The number of nitrogens with one attached hydrogen (secondary N) is 1. The molecule has 0 radical (unpaired) electrons. The average Bonchev–Trinajstić information content (AvgIpc) is 2.63. The van der Waals surface area contributed by atoms with Crippen molar-refractivity contribution in [3.05, 3.63) is 17.5 Å². The second-order valence-electron chi connectivity index (χ2n) is 3.34. The molecular formula is C9H12N2O2. The molecule has 1 aromatic heterocycles. The number of carbonyl (C=O) groups excluding carboxylic acids is 1. The highest BCUT2D eigenvalue weighted by atomic mass is 16.5. The van der Waals surface area contributed by atoms with Crippen molar-refractivity contribution in [2.45, 2.75) is 19.3 Å². The molecule has 0 saturated heterocycles. The van der Waals surface area contributed by atoms with Gasteiger partial charge in [0.1, 0.15) is 0 Å². The van der Waals surface area contributed by atoms with Gasteiger partial charge in [0.05, 0.1) is 19.2 Å². The lowest BCUT2D eigenvalue weighted by molar-refractivity contribution is -0.145. The summed E-state index contributed by atoms with van der Waals surface area (Å²) in [6.07, 6.45) is 4.32. The number of aromatic amines is 1. The molecule has 4 heteroatoms. The monoisotopic (exact) mass is 180 g/mol. The van der Waals surface area contributed by atoms with Gasteiger partial charge in [0, 0.05) is 5.69 Å². The highest BCUT2D eigenvalue weighted by Gasteiger charge is 2.26. The van der Waals surface area contributed by atoms with Gasteiger partial charge in [0.25, 0.3) is 0 Å². The van der Waals surface area contributed by atoms with E-state index in [2.05, 4.69) is 10.2 Å². The second-order valence-corrected chi connectivity index (χ2v) is 3.34. The van der Waals surface area contributed by atoms with Crippen molar-refractivity contribution in [1.82, 2.24) is 10.2 Å². The molecular weight excluding hydrogens is 168 g/mol. The lowest BCUT2D eigenvalue weighted by Crippen LogP contribution is -2.23. The van der Waals surface area contributed by atoms with Gasteiger partial charge < -0.3 is 4.74 Å². The summed E-state index contributed by atoms with van der Waals surface area (Å²) >= 11 is 0. The number of rotatable bonds is 1. The normalized spacial score (nSPS) is 20.8. The first-order valence-corrected chi connectivity index (χ1v) is 4.40. The van der Waals surface area contributed by atoms with Crippen LogP contribution in [0.15, 0.2) is 6.20 Å². The molecule has 4 nitrogen and oxygen atoms in total. The number of H-pyrrole nitrogens is 1. The SMILES string of the molecule is COC(=O)[C@@H]1CCc2[nH]ncc2C1. The molecule has 0 aromatic carbocycles. The fourth-order valence-electron chi connectivity index (χ4n) is 1.78. The highest BCUT2D eigenvalue weighted by Crippen LogP contribution is 2.24. The number of fused-ring (bicyclic) bond motifs is 1. The molecule has 70 valence electrons. The van der Waals surface area contributed by atoms with Gasteiger partial charge in [-0.1, -0.05) is 0 Å². The van der Waals surface area contributed by atoms with Crippen LogP contribution in [0, 0.1) is 5.92 Å². The Morgan fingerprint density at radius 3 is 3.38 bits per heavy atom. The largest absolute Gasteiger partial charge is 0.469 e. The summed E-state index contributed by atoms with van der Waals surface area (Å²) in [4.78, 5) is 11.2. The lowest BCUT2D eigenvalue weighted by atomic mass is 9.88. The number of nitrogens with zero attached hydrogens (tertiary/aromatic N) is 1. The van der Waals surface area contributed by atoms with E-state index in [0.717, 1.165) is 24.8 Å². The maximum absolute atomic E-state index is 11.2. The van der Waals surface area contributed by atoms with E-state index in [9.17, 15) is 4.79 Å². The summed E-state index contributed by atoms with van der Waals surface area (Å²) < 4.78 is 4.71. The molecule has 0 amide bonds. The van der Waals surface area contributed by atoms with Crippen LogP contribution in [0.1, 0.15) is 17.7 Å². The first-order valence-electron chi connectivity index (χ1n) is 4.40. The summed E-state index contributed by atoms with van der Waals surface area (Å²) in [6, 6.07) is 0. The van der Waals surface area contributed by atoms with Crippen LogP contribution in [0.4, 0.5) is 0 Å². The molecule has 2 rings (SSSR count). The Kier molecular flexibility index (Phi) is 2.04. The molecule has 13 heavy (non-hydrogen) atoms. The van der Waals surface area contributed by atoms with Crippen molar-refractivity contribution in [1.29, 1.82) is 0 Å². The minimum absolute atomic E-state index is 0.0232. The molecule has 1 atom stereocenters. The van der Waals surface area contributed by atoms with E-state index in [1.54, 1.807) is 6.20 Å². The first kappa shape index (κ1) is 8.29. The number of ether oxygens (including phenoxy) is 1. The minimum Gasteiger partial charge on any atom is -0.469 e. The predicted molar refractivity (Wildman–Crippen MR) is 46.1 cm³/mol. The summed E-state index contributed by atoms with van der Waals surface area (Å²) in [5, 5.41) is 6.88. The minimum atomic E-state index is -0.105. The van der Waals surface area contributed by atoms with Gasteiger partial charge in [0.15, 0.2) is 0 Å². The van der Waals surface area contributed by atoms with E-state index in [0.29, 0.717) is 0 Å². The number of esters is 1. The van der Waals surface area contributed by atoms with Gasteiger partial charge in [-0.3, -0.25) is 9.89 Å². The van der Waals surface area contributed by atoms with Crippen LogP contribution in [0.5, 0.6) is 0 Å². The van der Waals surface area contributed by atoms with Crippen LogP contribution in [-0.2, 0) is 22.4 Å². The number of hydrogen-bond donors (Lipinski definition) is 1. The number of carbonyl (C=O) groups is 1. The maximum atomic E-state index is 11.2. The van der Waals surface area contributed by atoms with Crippen molar-refractivity contribution in [3.8, 4) is 0 Å². The van der Waals surface area contributed by atoms with E-state index in [1.807, 2.05) is 0 Å². The van der Waals surface area contributed by atoms with E-state index in [4.69, 9.17) is 4.74 Å². The number of aromatic nitrogens is 2. The number of methoxy groups -OCH3 is 1. The van der Waals surface area contributed by atoms with Gasteiger partial charge in [-0.15, -0.1) is 0 Å². The zero-order chi connectivity index (χ0) is 9.26. The van der Waals surface area contributed by atoms with Gasteiger partial charge in [-0.25, -0.2) is 0 Å². The van der Waals surface area contributed by atoms with E-state index in [1.165, 1.54) is 12.8 Å².